The highest BCUT2D eigenvalue weighted by molar-refractivity contribution is 5.97. The van der Waals surface area contributed by atoms with E-state index in [2.05, 4.69) is 27.6 Å². The molecule has 1 aromatic heterocycles. The largest absolute Gasteiger partial charge is 1.00 e. The first-order valence-corrected chi connectivity index (χ1v) is 6.15. The number of aromatic nitrogens is 1. The van der Waals surface area contributed by atoms with Crippen LogP contribution in [0.25, 0.3) is 0 Å². The summed E-state index contributed by atoms with van der Waals surface area (Å²) >= 11 is 0. The molecule has 2 aromatic rings. The van der Waals surface area contributed by atoms with E-state index in [4.69, 9.17) is 0 Å². The number of halogens is 1. The second-order valence-corrected chi connectivity index (χ2v) is 4.52. The standard InChI is InChI=1S/C15H15N2O.BrH/c18-15(13-5-2-1-3-6-13)12-16-9-10-17-8-4-7-14(17)11-16;/h1-8,11H,9-10,12H2;1H/q+1;/p-1. The summed E-state index contributed by atoms with van der Waals surface area (Å²) in [4.78, 5) is 12.1. The fraction of sp³-hybridized carbons (Fsp3) is 0.200. The molecule has 3 rings (SSSR count). The van der Waals surface area contributed by atoms with Gasteiger partial charge in [0.05, 0.1) is 6.54 Å². The number of nitrogens with zero attached hydrogens (tertiary/aromatic N) is 2. The van der Waals surface area contributed by atoms with E-state index in [1.54, 1.807) is 0 Å². The topological polar surface area (TPSA) is 25.0 Å². The summed E-state index contributed by atoms with van der Waals surface area (Å²) in [5.41, 5.74) is 1.95. The fourth-order valence-corrected chi connectivity index (χ4v) is 2.26. The number of hydrogen-bond donors (Lipinski definition) is 0. The lowest BCUT2D eigenvalue weighted by Crippen LogP contribution is -3.00. The Morgan fingerprint density at radius 3 is 2.74 bits per heavy atom. The minimum Gasteiger partial charge on any atom is -1.00 e. The highest BCUT2D eigenvalue weighted by Crippen LogP contribution is 2.05. The van der Waals surface area contributed by atoms with Crippen LogP contribution in [0.5, 0.6) is 0 Å². The summed E-state index contributed by atoms with van der Waals surface area (Å²) < 4.78 is 4.29. The van der Waals surface area contributed by atoms with E-state index in [0.29, 0.717) is 6.54 Å². The Labute approximate surface area is 123 Å². The molecule has 0 saturated heterocycles. The third kappa shape index (κ3) is 3.01. The molecule has 1 aromatic carbocycles. The average molecular weight is 319 g/mol. The summed E-state index contributed by atoms with van der Waals surface area (Å²) in [6, 6.07) is 13.6. The molecule has 0 N–H and O–H groups in total. The molecule has 0 amide bonds. The minimum atomic E-state index is 0. The Hall–Kier alpha value is -1.68. The van der Waals surface area contributed by atoms with Crippen LogP contribution in [0.15, 0.2) is 48.7 Å². The van der Waals surface area contributed by atoms with Gasteiger partial charge in [-0.05, 0) is 12.1 Å². The molecule has 4 heteroatoms. The number of benzene rings is 1. The molecule has 1 aliphatic heterocycles. The van der Waals surface area contributed by atoms with Crippen molar-refractivity contribution in [1.82, 2.24) is 4.57 Å². The molecular formula is C15H15BrN2O. The maximum atomic E-state index is 12.1. The number of ketones is 1. The smallest absolute Gasteiger partial charge is 0.227 e. The summed E-state index contributed by atoms with van der Waals surface area (Å²) in [6.45, 7) is 2.29. The van der Waals surface area contributed by atoms with Crippen molar-refractivity contribution in [3.8, 4) is 0 Å². The highest BCUT2D eigenvalue weighted by atomic mass is 79.9. The molecule has 1 aliphatic rings. The zero-order valence-electron chi connectivity index (χ0n) is 10.5. The molecule has 0 unspecified atom stereocenters. The summed E-state index contributed by atoms with van der Waals surface area (Å²) in [5, 5.41) is 0. The molecule has 19 heavy (non-hydrogen) atoms. The Bertz CT molecular complexity index is 602. The molecule has 0 saturated carbocycles. The lowest BCUT2D eigenvalue weighted by molar-refractivity contribution is -0.513. The predicted molar refractivity (Wildman–Crippen MR) is 70.4 cm³/mol. The molecule has 0 atom stereocenters. The summed E-state index contributed by atoms with van der Waals surface area (Å²) in [6.07, 6.45) is 4.13. The first-order chi connectivity index (χ1) is 8.83. The van der Waals surface area contributed by atoms with Crippen LogP contribution in [0.4, 0.5) is 0 Å². The van der Waals surface area contributed by atoms with E-state index in [1.807, 2.05) is 36.4 Å². The third-order valence-electron chi connectivity index (χ3n) is 3.25. The lowest BCUT2D eigenvalue weighted by atomic mass is 10.1. The zero-order chi connectivity index (χ0) is 12.4. The van der Waals surface area contributed by atoms with Gasteiger partial charge in [0.25, 0.3) is 0 Å². The normalized spacial score (nSPS) is 13.2. The molecule has 0 aliphatic carbocycles. The van der Waals surface area contributed by atoms with E-state index in [1.165, 1.54) is 5.69 Å². The van der Waals surface area contributed by atoms with Crippen LogP contribution in [-0.4, -0.2) is 34.2 Å². The van der Waals surface area contributed by atoms with E-state index in [0.717, 1.165) is 18.7 Å². The number of rotatable bonds is 3. The maximum absolute atomic E-state index is 12.1. The van der Waals surface area contributed by atoms with Gasteiger partial charge in [-0.3, -0.25) is 4.79 Å². The quantitative estimate of drug-likeness (QED) is 0.516. The Kier molecular flexibility index (Phi) is 4.32. The highest BCUT2D eigenvalue weighted by Gasteiger charge is 2.18. The van der Waals surface area contributed by atoms with E-state index < -0.39 is 0 Å². The van der Waals surface area contributed by atoms with Gasteiger partial charge in [0, 0.05) is 11.8 Å². The predicted octanol–water partition coefficient (Wildman–Crippen LogP) is -1.18. The fourth-order valence-electron chi connectivity index (χ4n) is 2.26. The number of fused-ring (bicyclic) bond motifs is 1. The van der Waals surface area contributed by atoms with Crippen molar-refractivity contribution < 1.29 is 26.4 Å². The SMILES string of the molecule is O=C(C[N+]1=Cc2cccn2CC1)c1ccccc1.[Br-]. The summed E-state index contributed by atoms with van der Waals surface area (Å²) in [5.74, 6) is 0.173. The van der Waals surface area contributed by atoms with Crippen molar-refractivity contribution in [2.75, 3.05) is 13.1 Å². The first kappa shape index (κ1) is 13.7. The zero-order valence-corrected chi connectivity index (χ0v) is 12.1. The van der Waals surface area contributed by atoms with E-state index in [-0.39, 0.29) is 22.8 Å². The van der Waals surface area contributed by atoms with Crippen LogP contribution in [0.3, 0.4) is 0 Å². The van der Waals surface area contributed by atoms with Crippen LogP contribution in [0.2, 0.25) is 0 Å². The van der Waals surface area contributed by atoms with Gasteiger partial charge in [0.2, 0.25) is 12.3 Å². The number of carbonyl (C=O) groups is 1. The van der Waals surface area contributed by atoms with Gasteiger partial charge in [-0.1, -0.05) is 30.3 Å². The third-order valence-corrected chi connectivity index (χ3v) is 3.25. The van der Waals surface area contributed by atoms with Gasteiger partial charge in [-0.2, -0.15) is 0 Å². The number of carbonyl (C=O) groups excluding carboxylic acids is 1. The molecule has 3 nitrogen and oxygen atoms in total. The van der Waals surface area contributed by atoms with Crippen LogP contribution in [0, 0.1) is 0 Å². The Morgan fingerprint density at radius 2 is 1.95 bits per heavy atom. The van der Waals surface area contributed by atoms with Crippen LogP contribution in [-0.2, 0) is 6.54 Å². The van der Waals surface area contributed by atoms with Crippen molar-refractivity contribution in [2.24, 2.45) is 0 Å². The first-order valence-electron chi connectivity index (χ1n) is 6.15. The van der Waals surface area contributed by atoms with E-state index in [9.17, 15) is 4.79 Å². The van der Waals surface area contributed by atoms with Gasteiger partial charge in [0.1, 0.15) is 5.69 Å². The Balaban J connectivity index is 0.00000133. The Morgan fingerprint density at radius 1 is 1.16 bits per heavy atom. The van der Waals surface area contributed by atoms with Gasteiger partial charge in [-0.25, -0.2) is 4.58 Å². The van der Waals surface area contributed by atoms with Crippen molar-refractivity contribution in [3.05, 3.63) is 59.9 Å². The number of Topliss-reactive ketones (excluding diaryl/α,β-unsaturated/α-hetero) is 1. The molecule has 0 spiro atoms. The minimum absolute atomic E-state index is 0. The molecule has 0 fully saturated rings. The van der Waals surface area contributed by atoms with E-state index >= 15 is 0 Å². The molecule has 98 valence electrons. The van der Waals surface area contributed by atoms with Crippen molar-refractivity contribution in [3.63, 3.8) is 0 Å². The monoisotopic (exact) mass is 318 g/mol. The maximum Gasteiger partial charge on any atom is 0.227 e. The van der Waals surface area contributed by atoms with Gasteiger partial charge in [-0.15, -0.1) is 0 Å². The van der Waals surface area contributed by atoms with Crippen LogP contribution in [0.1, 0.15) is 16.1 Å². The number of hydrogen-bond acceptors (Lipinski definition) is 1. The van der Waals surface area contributed by atoms with Gasteiger partial charge < -0.3 is 21.5 Å². The summed E-state index contributed by atoms with van der Waals surface area (Å²) in [7, 11) is 0. The van der Waals surface area contributed by atoms with Crippen LogP contribution < -0.4 is 17.0 Å². The van der Waals surface area contributed by atoms with Gasteiger partial charge in [0.15, 0.2) is 12.8 Å². The van der Waals surface area contributed by atoms with Crippen molar-refractivity contribution in [2.45, 2.75) is 6.54 Å². The lowest BCUT2D eigenvalue weighted by Gasteiger charge is -2.11. The molecule has 0 radical (unpaired) electrons. The van der Waals surface area contributed by atoms with Gasteiger partial charge >= 0.3 is 0 Å². The molecule has 0 bridgehead atoms. The van der Waals surface area contributed by atoms with Crippen molar-refractivity contribution >= 4 is 12.0 Å². The average Bonchev–Trinajstić information content (AvgIpc) is 2.87. The van der Waals surface area contributed by atoms with Crippen molar-refractivity contribution in [1.29, 1.82) is 0 Å². The second-order valence-electron chi connectivity index (χ2n) is 4.52. The second kappa shape index (κ2) is 5.97. The molecular weight excluding hydrogens is 304 g/mol. The van der Waals surface area contributed by atoms with Crippen LogP contribution >= 0.6 is 0 Å². The molecule has 2 heterocycles.